The summed E-state index contributed by atoms with van der Waals surface area (Å²) in [5, 5.41) is 30.0. The molecule has 0 spiro atoms. The lowest BCUT2D eigenvalue weighted by Crippen LogP contribution is -2.33. The van der Waals surface area contributed by atoms with Crippen molar-refractivity contribution in [1.29, 1.82) is 5.26 Å². The quantitative estimate of drug-likeness (QED) is 0.518. The largest absolute Gasteiger partial charge is 0.491 e. The summed E-state index contributed by atoms with van der Waals surface area (Å²) < 4.78 is 10.5. The third kappa shape index (κ3) is 7.07. The van der Waals surface area contributed by atoms with E-state index >= 15 is 0 Å². The SMILES string of the molecule is N#Cc1cccc(OCC(O)CNCCOCCO)c1. The van der Waals surface area contributed by atoms with E-state index in [4.69, 9.17) is 19.8 Å². The van der Waals surface area contributed by atoms with Gasteiger partial charge in [-0.25, -0.2) is 0 Å². The Hall–Kier alpha value is -1.65. The highest BCUT2D eigenvalue weighted by Crippen LogP contribution is 2.12. The molecule has 110 valence electrons. The summed E-state index contributed by atoms with van der Waals surface area (Å²) in [6.45, 7) is 1.96. The van der Waals surface area contributed by atoms with Crippen LogP contribution in [0.4, 0.5) is 0 Å². The summed E-state index contributed by atoms with van der Waals surface area (Å²) in [5.41, 5.74) is 0.524. The van der Waals surface area contributed by atoms with Gasteiger partial charge in [-0.05, 0) is 18.2 Å². The first-order valence-corrected chi connectivity index (χ1v) is 6.46. The van der Waals surface area contributed by atoms with Crippen molar-refractivity contribution >= 4 is 0 Å². The van der Waals surface area contributed by atoms with Crippen LogP contribution in [0, 0.1) is 11.3 Å². The van der Waals surface area contributed by atoms with Gasteiger partial charge in [-0.1, -0.05) is 6.07 Å². The maximum absolute atomic E-state index is 9.71. The number of nitrogens with zero attached hydrogens (tertiary/aromatic N) is 1. The summed E-state index contributed by atoms with van der Waals surface area (Å²) >= 11 is 0. The molecule has 1 rings (SSSR count). The molecule has 6 heteroatoms. The van der Waals surface area contributed by atoms with Gasteiger partial charge in [0.1, 0.15) is 18.5 Å². The number of hydrogen-bond donors (Lipinski definition) is 3. The van der Waals surface area contributed by atoms with Crippen LogP contribution in [-0.2, 0) is 4.74 Å². The zero-order chi connectivity index (χ0) is 14.6. The molecule has 0 aliphatic carbocycles. The number of benzene rings is 1. The standard InChI is InChI=1S/C14H20N2O4/c15-9-12-2-1-3-14(8-12)20-11-13(18)10-16-4-6-19-7-5-17/h1-3,8,13,16-18H,4-7,10-11H2. The van der Waals surface area contributed by atoms with Crippen LogP contribution in [0.3, 0.4) is 0 Å². The molecule has 6 nitrogen and oxygen atoms in total. The Morgan fingerprint density at radius 3 is 2.95 bits per heavy atom. The first-order chi connectivity index (χ1) is 9.76. The van der Waals surface area contributed by atoms with Gasteiger partial charge in [0.25, 0.3) is 0 Å². The van der Waals surface area contributed by atoms with E-state index < -0.39 is 6.10 Å². The van der Waals surface area contributed by atoms with Gasteiger partial charge in [-0.3, -0.25) is 0 Å². The van der Waals surface area contributed by atoms with Crippen LogP contribution in [0.2, 0.25) is 0 Å². The lowest BCUT2D eigenvalue weighted by atomic mass is 10.2. The number of aliphatic hydroxyl groups is 2. The van der Waals surface area contributed by atoms with Crippen molar-refractivity contribution in [1.82, 2.24) is 5.32 Å². The average Bonchev–Trinajstić information content (AvgIpc) is 2.49. The highest BCUT2D eigenvalue weighted by Gasteiger charge is 2.05. The molecule has 1 atom stereocenters. The highest BCUT2D eigenvalue weighted by molar-refractivity contribution is 5.36. The van der Waals surface area contributed by atoms with Crippen molar-refractivity contribution in [2.45, 2.75) is 6.10 Å². The lowest BCUT2D eigenvalue weighted by Gasteiger charge is -2.13. The van der Waals surface area contributed by atoms with E-state index in [0.29, 0.717) is 37.6 Å². The van der Waals surface area contributed by atoms with Gasteiger partial charge in [-0.15, -0.1) is 0 Å². The Kier molecular flexibility index (Phi) is 8.35. The molecule has 20 heavy (non-hydrogen) atoms. The van der Waals surface area contributed by atoms with Crippen LogP contribution in [0.5, 0.6) is 5.75 Å². The number of ether oxygens (including phenoxy) is 2. The third-order valence-corrected chi connectivity index (χ3v) is 2.44. The summed E-state index contributed by atoms with van der Waals surface area (Å²) in [7, 11) is 0. The first-order valence-electron chi connectivity index (χ1n) is 6.46. The molecule has 1 aromatic rings. The zero-order valence-electron chi connectivity index (χ0n) is 11.3. The van der Waals surface area contributed by atoms with Crippen LogP contribution in [0.15, 0.2) is 24.3 Å². The van der Waals surface area contributed by atoms with Crippen molar-refractivity contribution in [2.24, 2.45) is 0 Å². The van der Waals surface area contributed by atoms with Crippen LogP contribution < -0.4 is 10.1 Å². The fraction of sp³-hybridized carbons (Fsp3) is 0.500. The van der Waals surface area contributed by atoms with Crippen molar-refractivity contribution in [3.05, 3.63) is 29.8 Å². The van der Waals surface area contributed by atoms with Crippen molar-refractivity contribution < 1.29 is 19.7 Å². The normalized spacial score (nSPS) is 11.8. The molecule has 0 heterocycles. The molecule has 0 bridgehead atoms. The number of rotatable bonds is 10. The maximum atomic E-state index is 9.71. The van der Waals surface area contributed by atoms with Crippen LogP contribution in [-0.4, -0.2) is 55.8 Å². The molecular formula is C14H20N2O4. The molecule has 0 aliphatic heterocycles. The highest BCUT2D eigenvalue weighted by atomic mass is 16.5. The zero-order valence-corrected chi connectivity index (χ0v) is 11.3. The van der Waals surface area contributed by atoms with Crippen LogP contribution in [0.25, 0.3) is 0 Å². The summed E-state index contributed by atoms with van der Waals surface area (Å²) in [4.78, 5) is 0. The average molecular weight is 280 g/mol. The Morgan fingerprint density at radius 1 is 1.35 bits per heavy atom. The predicted octanol–water partition coefficient (Wildman–Crippen LogP) is -0.104. The Morgan fingerprint density at radius 2 is 2.20 bits per heavy atom. The topological polar surface area (TPSA) is 94.7 Å². The fourth-order valence-electron chi connectivity index (χ4n) is 1.49. The van der Waals surface area contributed by atoms with Crippen LogP contribution in [0.1, 0.15) is 5.56 Å². The maximum Gasteiger partial charge on any atom is 0.120 e. The Balaban J connectivity index is 2.13. The number of hydrogen-bond acceptors (Lipinski definition) is 6. The second kappa shape index (κ2) is 10.2. The van der Waals surface area contributed by atoms with Gasteiger partial charge >= 0.3 is 0 Å². The molecule has 0 radical (unpaired) electrons. The van der Waals surface area contributed by atoms with Crippen molar-refractivity contribution in [3.8, 4) is 11.8 Å². The van der Waals surface area contributed by atoms with Crippen molar-refractivity contribution in [2.75, 3.05) is 39.5 Å². The Labute approximate surface area is 118 Å². The summed E-state index contributed by atoms with van der Waals surface area (Å²) in [6, 6.07) is 8.82. The third-order valence-electron chi connectivity index (χ3n) is 2.44. The molecule has 0 saturated heterocycles. The molecular weight excluding hydrogens is 260 g/mol. The smallest absolute Gasteiger partial charge is 0.120 e. The molecule has 0 saturated carbocycles. The monoisotopic (exact) mass is 280 g/mol. The fourth-order valence-corrected chi connectivity index (χ4v) is 1.49. The number of nitriles is 1. The van der Waals surface area contributed by atoms with Gasteiger partial charge in [-0.2, -0.15) is 5.26 Å². The van der Waals surface area contributed by atoms with E-state index in [1.165, 1.54) is 0 Å². The van der Waals surface area contributed by atoms with E-state index in [1.54, 1.807) is 24.3 Å². The van der Waals surface area contributed by atoms with Crippen LogP contribution >= 0.6 is 0 Å². The van der Waals surface area contributed by atoms with E-state index in [2.05, 4.69) is 5.32 Å². The molecule has 1 aromatic carbocycles. The van der Waals surface area contributed by atoms with Gasteiger partial charge in [0.15, 0.2) is 0 Å². The van der Waals surface area contributed by atoms with Gasteiger partial charge < -0.3 is 25.0 Å². The minimum absolute atomic E-state index is 0.0121. The molecule has 0 aromatic heterocycles. The van der Waals surface area contributed by atoms with E-state index in [9.17, 15) is 5.11 Å². The molecule has 1 unspecified atom stereocenters. The second-order valence-corrected chi connectivity index (χ2v) is 4.14. The van der Waals surface area contributed by atoms with E-state index in [-0.39, 0.29) is 13.2 Å². The van der Waals surface area contributed by atoms with Gasteiger partial charge in [0.05, 0.1) is 31.5 Å². The van der Waals surface area contributed by atoms with Crippen molar-refractivity contribution in [3.63, 3.8) is 0 Å². The molecule has 0 aliphatic rings. The van der Waals surface area contributed by atoms with E-state index in [1.807, 2.05) is 6.07 Å². The summed E-state index contributed by atoms with van der Waals surface area (Å²) in [6.07, 6.45) is -0.640. The van der Waals surface area contributed by atoms with Gasteiger partial charge in [0.2, 0.25) is 0 Å². The minimum atomic E-state index is -0.640. The summed E-state index contributed by atoms with van der Waals surface area (Å²) in [5.74, 6) is 0.564. The number of aliphatic hydroxyl groups excluding tert-OH is 2. The minimum Gasteiger partial charge on any atom is -0.491 e. The lowest BCUT2D eigenvalue weighted by molar-refractivity contribution is 0.0842. The number of nitrogens with one attached hydrogen (secondary N) is 1. The first kappa shape index (κ1) is 16.4. The molecule has 0 fully saturated rings. The van der Waals surface area contributed by atoms with Gasteiger partial charge in [0, 0.05) is 13.1 Å². The Bertz CT molecular complexity index is 420. The molecule has 3 N–H and O–H groups in total. The second-order valence-electron chi connectivity index (χ2n) is 4.14. The van der Waals surface area contributed by atoms with E-state index in [0.717, 1.165) is 0 Å². The molecule has 0 amide bonds. The predicted molar refractivity (Wildman–Crippen MR) is 73.4 cm³/mol.